The van der Waals surface area contributed by atoms with E-state index in [0.29, 0.717) is 5.02 Å². The van der Waals surface area contributed by atoms with Gasteiger partial charge >= 0.3 is 5.97 Å². The van der Waals surface area contributed by atoms with Gasteiger partial charge in [0.25, 0.3) is 0 Å². The minimum atomic E-state index is -0.958. The number of carbonyl (C=O) groups is 1. The second kappa shape index (κ2) is 4.74. The van der Waals surface area contributed by atoms with Crippen molar-refractivity contribution < 1.29 is 9.90 Å². The van der Waals surface area contributed by atoms with E-state index in [9.17, 15) is 9.90 Å². The molecular weight excluding hydrogens is 262 g/mol. The lowest BCUT2D eigenvalue weighted by molar-refractivity contribution is 0.0688. The van der Waals surface area contributed by atoms with Crippen molar-refractivity contribution in [2.75, 3.05) is 0 Å². The maximum atomic E-state index is 11.3. The average Bonchev–Trinajstić information content (AvgIpc) is 2.80. The molecule has 1 aliphatic carbocycles. The maximum Gasteiger partial charge on any atom is 0.352 e. The number of benzene rings is 1. The maximum absolute atomic E-state index is 11.3. The Morgan fingerprint density at radius 2 is 2.05 bits per heavy atom. The molecule has 2 aromatic rings. The zero-order valence-electron chi connectivity index (χ0n) is 10.4. The number of carboxylic acid groups (broad SMARTS) is 1. The highest BCUT2D eigenvalue weighted by Gasteiger charge is 2.18. The van der Waals surface area contributed by atoms with Crippen molar-refractivity contribution >= 4 is 17.6 Å². The predicted molar refractivity (Wildman–Crippen MR) is 74.4 cm³/mol. The van der Waals surface area contributed by atoms with Crippen LogP contribution in [0.15, 0.2) is 30.5 Å². The van der Waals surface area contributed by atoms with Crippen LogP contribution in [0, 0.1) is 0 Å². The zero-order chi connectivity index (χ0) is 13.4. The Hall–Kier alpha value is -1.74. The summed E-state index contributed by atoms with van der Waals surface area (Å²) in [5.41, 5.74) is 3.74. The Balaban J connectivity index is 2.20. The van der Waals surface area contributed by atoms with Crippen LogP contribution in [0.3, 0.4) is 0 Å². The number of hydrogen-bond donors (Lipinski definition) is 1. The molecule has 4 heteroatoms. The van der Waals surface area contributed by atoms with Crippen molar-refractivity contribution in [3.8, 4) is 5.69 Å². The van der Waals surface area contributed by atoms with Crippen LogP contribution in [-0.4, -0.2) is 15.6 Å². The molecule has 0 unspecified atom stereocenters. The monoisotopic (exact) mass is 275 g/mol. The van der Waals surface area contributed by atoms with E-state index >= 15 is 0 Å². The number of carboxylic acids is 1. The highest BCUT2D eigenvalue weighted by molar-refractivity contribution is 6.31. The molecule has 0 saturated carbocycles. The molecule has 0 saturated heterocycles. The number of aromatic nitrogens is 1. The molecule has 1 aliphatic rings. The van der Waals surface area contributed by atoms with Crippen molar-refractivity contribution in [1.82, 2.24) is 4.57 Å². The predicted octanol–water partition coefficient (Wildman–Crippen LogP) is 3.71. The third-order valence-corrected chi connectivity index (χ3v) is 3.84. The lowest BCUT2D eigenvalue weighted by atomic mass is 9.90. The standard InChI is InChI=1S/C15H14ClNO2/c16-11-8-14(15(18)19)17(9-11)13-7-3-5-10-4-1-2-6-12(10)13/h3,5,7-9H,1-2,4,6H2,(H,18,19). The first kappa shape index (κ1) is 12.3. The van der Waals surface area contributed by atoms with Crippen molar-refractivity contribution in [2.45, 2.75) is 25.7 Å². The Morgan fingerprint density at radius 3 is 2.84 bits per heavy atom. The van der Waals surface area contributed by atoms with Gasteiger partial charge in [-0.3, -0.25) is 0 Å². The Kier molecular flexibility index (Phi) is 3.07. The minimum absolute atomic E-state index is 0.212. The van der Waals surface area contributed by atoms with Crippen molar-refractivity contribution in [2.24, 2.45) is 0 Å². The van der Waals surface area contributed by atoms with Crippen LogP contribution in [0.2, 0.25) is 5.02 Å². The fourth-order valence-electron chi connectivity index (χ4n) is 2.78. The second-order valence-electron chi connectivity index (χ2n) is 4.84. The molecule has 0 fully saturated rings. The molecule has 98 valence electrons. The summed E-state index contributed by atoms with van der Waals surface area (Å²) in [6.45, 7) is 0. The SMILES string of the molecule is O=C(O)c1cc(Cl)cn1-c1cccc2c1CCCC2. The Bertz CT molecular complexity index is 646. The highest BCUT2D eigenvalue weighted by atomic mass is 35.5. The molecule has 0 radical (unpaired) electrons. The molecule has 0 spiro atoms. The van der Waals surface area contributed by atoms with Gasteiger partial charge in [0.2, 0.25) is 0 Å². The van der Waals surface area contributed by atoms with Gasteiger partial charge in [0.05, 0.1) is 5.02 Å². The van der Waals surface area contributed by atoms with E-state index in [-0.39, 0.29) is 5.69 Å². The molecule has 1 heterocycles. The Morgan fingerprint density at radius 1 is 1.26 bits per heavy atom. The summed E-state index contributed by atoms with van der Waals surface area (Å²) in [4.78, 5) is 11.3. The summed E-state index contributed by atoms with van der Waals surface area (Å²) in [7, 11) is 0. The minimum Gasteiger partial charge on any atom is -0.477 e. The molecule has 0 bridgehead atoms. The summed E-state index contributed by atoms with van der Waals surface area (Å²) >= 11 is 5.96. The van der Waals surface area contributed by atoms with E-state index in [1.54, 1.807) is 10.8 Å². The number of halogens is 1. The van der Waals surface area contributed by atoms with Crippen LogP contribution in [0.4, 0.5) is 0 Å². The smallest absolute Gasteiger partial charge is 0.352 e. The van der Waals surface area contributed by atoms with Crippen LogP contribution in [-0.2, 0) is 12.8 Å². The molecule has 0 amide bonds. The van der Waals surface area contributed by atoms with Gasteiger partial charge in [0.15, 0.2) is 0 Å². The van der Waals surface area contributed by atoms with Crippen molar-refractivity contribution in [3.05, 3.63) is 52.3 Å². The average molecular weight is 276 g/mol. The van der Waals surface area contributed by atoms with E-state index in [0.717, 1.165) is 24.9 Å². The van der Waals surface area contributed by atoms with Gasteiger partial charge in [-0.15, -0.1) is 0 Å². The van der Waals surface area contributed by atoms with E-state index < -0.39 is 5.97 Å². The van der Waals surface area contributed by atoms with Gasteiger partial charge in [-0.05, 0) is 48.9 Å². The van der Waals surface area contributed by atoms with Crippen LogP contribution >= 0.6 is 11.6 Å². The summed E-state index contributed by atoms with van der Waals surface area (Å²) in [6, 6.07) is 7.57. The van der Waals surface area contributed by atoms with E-state index in [1.807, 2.05) is 12.1 Å². The third-order valence-electron chi connectivity index (χ3n) is 3.64. The number of aromatic carboxylic acids is 1. The van der Waals surface area contributed by atoms with Crippen molar-refractivity contribution in [3.63, 3.8) is 0 Å². The summed E-state index contributed by atoms with van der Waals surface area (Å²) in [6.07, 6.45) is 6.10. The first-order valence-electron chi connectivity index (χ1n) is 6.39. The molecular formula is C15H14ClNO2. The molecule has 3 rings (SSSR count). The van der Waals surface area contributed by atoms with Crippen LogP contribution in [0.5, 0.6) is 0 Å². The third kappa shape index (κ3) is 2.15. The first-order chi connectivity index (χ1) is 9.16. The summed E-state index contributed by atoms with van der Waals surface area (Å²) in [5, 5.41) is 9.71. The molecule has 0 atom stereocenters. The number of aryl methyl sites for hydroxylation is 1. The van der Waals surface area contributed by atoms with Gasteiger partial charge in [-0.25, -0.2) is 4.79 Å². The van der Waals surface area contributed by atoms with E-state index in [4.69, 9.17) is 11.6 Å². The number of nitrogens with zero attached hydrogens (tertiary/aromatic N) is 1. The quantitative estimate of drug-likeness (QED) is 0.908. The number of fused-ring (bicyclic) bond motifs is 1. The van der Waals surface area contributed by atoms with Gasteiger partial charge < -0.3 is 9.67 Å². The lowest BCUT2D eigenvalue weighted by Crippen LogP contribution is -2.11. The first-order valence-corrected chi connectivity index (χ1v) is 6.77. The van der Waals surface area contributed by atoms with Gasteiger partial charge in [-0.1, -0.05) is 23.7 Å². The molecule has 1 aromatic carbocycles. The van der Waals surface area contributed by atoms with Gasteiger partial charge in [0, 0.05) is 11.9 Å². The summed E-state index contributed by atoms with van der Waals surface area (Å²) in [5.74, 6) is -0.958. The van der Waals surface area contributed by atoms with Gasteiger partial charge in [0.1, 0.15) is 5.69 Å². The van der Waals surface area contributed by atoms with Crippen molar-refractivity contribution in [1.29, 1.82) is 0 Å². The van der Waals surface area contributed by atoms with Crippen LogP contribution in [0.25, 0.3) is 5.69 Å². The zero-order valence-corrected chi connectivity index (χ0v) is 11.2. The van der Waals surface area contributed by atoms with Crippen LogP contribution in [0.1, 0.15) is 34.5 Å². The molecule has 19 heavy (non-hydrogen) atoms. The molecule has 0 aliphatic heterocycles. The van der Waals surface area contributed by atoms with Crippen LogP contribution < -0.4 is 0 Å². The summed E-state index contributed by atoms with van der Waals surface area (Å²) < 4.78 is 1.69. The van der Waals surface area contributed by atoms with E-state index in [2.05, 4.69) is 6.07 Å². The number of hydrogen-bond acceptors (Lipinski definition) is 1. The molecule has 1 aromatic heterocycles. The Labute approximate surface area is 116 Å². The lowest BCUT2D eigenvalue weighted by Gasteiger charge is -2.20. The number of rotatable bonds is 2. The molecule has 3 nitrogen and oxygen atoms in total. The second-order valence-corrected chi connectivity index (χ2v) is 5.28. The topological polar surface area (TPSA) is 42.2 Å². The fraction of sp³-hybridized carbons (Fsp3) is 0.267. The normalized spacial score (nSPS) is 14.2. The highest BCUT2D eigenvalue weighted by Crippen LogP contribution is 2.29. The van der Waals surface area contributed by atoms with E-state index in [1.165, 1.54) is 23.6 Å². The largest absolute Gasteiger partial charge is 0.477 e. The van der Waals surface area contributed by atoms with Gasteiger partial charge in [-0.2, -0.15) is 0 Å². The fourth-order valence-corrected chi connectivity index (χ4v) is 2.98. The molecule has 1 N–H and O–H groups in total.